The largest absolute Gasteiger partial charge is 0.336 e. The first-order chi connectivity index (χ1) is 7.76. The summed E-state index contributed by atoms with van der Waals surface area (Å²) in [6, 6.07) is 0.318. The Morgan fingerprint density at radius 1 is 1.62 bits per heavy atom. The van der Waals surface area contributed by atoms with Gasteiger partial charge in [0.25, 0.3) is 0 Å². The third kappa shape index (κ3) is 2.44. The monoisotopic (exact) mass is 222 g/mol. The first-order valence-electron chi connectivity index (χ1n) is 6.16. The van der Waals surface area contributed by atoms with Crippen molar-refractivity contribution in [3.05, 3.63) is 18.2 Å². The Hall–Kier alpha value is -0.870. The summed E-state index contributed by atoms with van der Waals surface area (Å²) in [7, 11) is 2.04. The van der Waals surface area contributed by atoms with Crippen molar-refractivity contribution in [2.24, 2.45) is 18.7 Å². The molecule has 4 nitrogen and oxygen atoms in total. The Kier molecular flexibility index (Phi) is 3.61. The van der Waals surface area contributed by atoms with E-state index >= 15 is 0 Å². The van der Waals surface area contributed by atoms with E-state index in [2.05, 4.69) is 21.4 Å². The smallest absolute Gasteiger partial charge is 0.0946 e. The third-order valence-corrected chi connectivity index (χ3v) is 3.46. The van der Waals surface area contributed by atoms with E-state index in [0.717, 1.165) is 12.5 Å². The summed E-state index contributed by atoms with van der Waals surface area (Å²) in [5.74, 6) is 0.905. The van der Waals surface area contributed by atoms with Crippen LogP contribution in [0.3, 0.4) is 0 Å². The zero-order valence-electron chi connectivity index (χ0n) is 10.3. The topological polar surface area (TPSA) is 47.1 Å². The number of hydrogen-bond donors (Lipinski definition) is 1. The van der Waals surface area contributed by atoms with Gasteiger partial charge in [0.1, 0.15) is 0 Å². The fourth-order valence-electron chi connectivity index (χ4n) is 2.25. The zero-order valence-corrected chi connectivity index (χ0v) is 10.3. The summed E-state index contributed by atoms with van der Waals surface area (Å²) in [6.45, 7) is 5.12. The van der Waals surface area contributed by atoms with Crippen molar-refractivity contribution in [1.29, 1.82) is 0 Å². The molecule has 1 atom stereocenters. The number of nitrogens with two attached hydrogens (primary N) is 1. The Balaban J connectivity index is 2.09. The van der Waals surface area contributed by atoms with Gasteiger partial charge in [0.2, 0.25) is 0 Å². The molecule has 1 unspecified atom stereocenters. The quantitative estimate of drug-likeness (QED) is 0.785. The van der Waals surface area contributed by atoms with Crippen LogP contribution in [0.25, 0.3) is 0 Å². The van der Waals surface area contributed by atoms with E-state index in [-0.39, 0.29) is 0 Å². The zero-order chi connectivity index (χ0) is 11.5. The highest BCUT2D eigenvalue weighted by atomic mass is 15.2. The number of rotatable bonds is 6. The maximum absolute atomic E-state index is 5.92. The fourth-order valence-corrected chi connectivity index (χ4v) is 2.25. The minimum atomic E-state index is 0.318. The predicted molar refractivity (Wildman–Crippen MR) is 65.0 cm³/mol. The van der Waals surface area contributed by atoms with Gasteiger partial charge in [0, 0.05) is 26.3 Å². The van der Waals surface area contributed by atoms with Crippen molar-refractivity contribution < 1.29 is 0 Å². The van der Waals surface area contributed by atoms with Crippen LogP contribution in [0.5, 0.6) is 0 Å². The summed E-state index contributed by atoms with van der Waals surface area (Å²) >= 11 is 0. The molecular formula is C12H22N4. The highest BCUT2D eigenvalue weighted by molar-refractivity contribution is 5.06. The number of imidazole rings is 1. The summed E-state index contributed by atoms with van der Waals surface area (Å²) in [5, 5.41) is 0. The van der Waals surface area contributed by atoms with Crippen LogP contribution in [-0.4, -0.2) is 34.1 Å². The van der Waals surface area contributed by atoms with Gasteiger partial charge in [-0.2, -0.15) is 0 Å². The molecule has 0 saturated heterocycles. The van der Waals surface area contributed by atoms with Gasteiger partial charge in [-0.05, 0) is 25.3 Å². The number of likely N-dealkylation sites (N-methyl/N-ethyl adjacent to an activating group) is 1. The van der Waals surface area contributed by atoms with Crippen molar-refractivity contribution >= 4 is 0 Å². The van der Waals surface area contributed by atoms with Gasteiger partial charge < -0.3 is 10.3 Å². The van der Waals surface area contributed by atoms with Crippen LogP contribution >= 0.6 is 0 Å². The lowest BCUT2D eigenvalue weighted by Crippen LogP contribution is -2.36. The molecule has 2 N–H and O–H groups in total. The van der Waals surface area contributed by atoms with Crippen molar-refractivity contribution in [3.63, 3.8) is 0 Å². The minimum Gasteiger partial charge on any atom is -0.336 e. The molecule has 0 bridgehead atoms. The molecule has 0 spiro atoms. The molecule has 1 aliphatic carbocycles. The molecule has 1 fully saturated rings. The molecule has 1 aromatic rings. The first kappa shape index (κ1) is 11.6. The van der Waals surface area contributed by atoms with E-state index < -0.39 is 0 Å². The lowest BCUT2D eigenvalue weighted by Gasteiger charge is -2.29. The lowest BCUT2D eigenvalue weighted by atomic mass is 10.1. The maximum Gasteiger partial charge on any atom is 0.0946 e. The van der Waals surface area contributed by atoms with Gasteiger partial charge in [-0.3, -0.25) is 4.90 Å². The van der Waals surface area contributed by atoms with Gasteiger partial charge in [-0.1, -0.05) is 6.92 Å². The molecular weight excluding hydrogens is 200 g/mol. The highest BCUT2D eigenvalue weighted by Crippen LogP contribution is 2.32. The van der Waals surface area contributed by atoms with E-state index in [9.17, 15) is 0 Å². The molecule has 1 heterocycles. The third-order valence-electron chi connectivity index (χ3n) is 3.46. The van der Waals surface area contributed by atoms with Crippen molar-refractivity contribution in [1.82, 2.24) is 14.5 Å². The van der Waals surface area contributed by atoms with Gasteiger partial charge in [0.05, 0.1) is 18.1 Å². The van der Waals surface area contributed by atoms with E-state index in [1.54, 1.807) is 0 Å². The molecule has 0 amide bonds. The summed E-state index contributed by atoms with van der Waals surface area (Å²) in [6.07, 6.45) is 6.56. The highest BCUT2D eigenvalue weighted by Gasteiger charge is 2.28. The Morgan fingerprint density at radius 3 is 2.81 bits per heavy atom. The van der Waals surface area contributed by atoms with Gasteiger partial charge in [-0.15, -0.1) is 0 Å². The van der Waals surface area contributed by atoms with Gasteiger partial charge >= 0.3 is 0 Å². The van der Waals surface area contributed by atoms with Crippen molar-refractivity contribution in [2.75, 3.05) is 19.6 Å². The predicted octanol–water partition coefficient (Wildman–Crippen LogP) is 1.15. The number of hydrogen-bond acceptors (Lipinski definition) is 3. The molecule has 0 radical (unpaired) electrons. The number of nitrogens with zero attached hydrogens (tertiary/aromatic N) is 3. The number of aryl methyl sites for hydroxylation is 1. The molecule has 0 aromatic carbocycles. The molecule has 0 aliphatic heterocycles. The Morgan fingerprint density at radius 2 is 2.38 bits per heavy atom. The van der Waals surface area contributed by atoms with Crippen molar-refractivity contribution in [2.45, 2.75) is 25.8 Å². The lowest BCUT2D eigenvalue weighted by molar-refractivity contribution is 0.197. The molecule has 2 rings (SSSR count). The Labute approximate surface area is 97.4 Å². The second kappa shape index (κ2) is 4.97. The molecule has 1 saturated carbocycles. The average Bonchev–Trinajstić information content (AvgIpc) is 3.01. The van der Waals surface area contributed by atoms with E-state index in [1.807, 2.05) is 19.6 Å². The van der Waals surface area contributed by atoms with Crippen LogP contribution < -0.4 is 5.73 Å². The van der Waals surface area contributed by atoms with Crippen LogP contribution in [0.2, 0.25) is 0 Å². The molecule has 4 heteroatoms. The van der Waals surface area contributed by atoms with Gasteiger partial charge in [0.15, 0.2) is 0 Å². The first-order valence-corrected chi connectivity index (χ1v) is 6.16. The summed E-state index contributed by atoms with van der Waals surface area (Å²) < 4.78 is 2.08. The summed E-state index contributed by atoms with van der Waals surface area (Å²) in [4.78, 5) is 6.66. The van der Waals surface area contributed by atoms with Crippen LogP contribution in [0.1, 0.15) is 31.5 Å². The molecule has 16 heavy (non-hydrogen) atoms. The van der Waals surface area contributed by atoms with E-state index in [4.69, 9.17) is 5.73 Å². The molecule has 90 valence electrons. The SMILES string of the molecule is CCN(CC1CC1)C(CN)c1cncn1C. The van der Waals surface area contributed by atoms with E-state index in [0.29, 0.717) is 12.6 Å². The second-order valence-corrected chi connectivity index (χ2v) is 4.71. The van der Waals surface area contributed by atoms with Gasteiger partial charge in [-0.25, -0.2) is 4.98 Å². The maximum atomic E-state index is 5.92. The van der Waals surface area contributed by atoms with Crippen LogP contribution in [0, 0.1) is 5.92 Å². The van der Waals surface area contributed by atoms with Crippen LogP contribution in [-0.2, 0) is 7.05 Å². The van der Waals surface area contributed by atoms with Crippen molar-refractivity contribution in [3.8, 4) is 0 Å². The minimum absolute atomic E-state index is 0.318. The number of aromatic nitrogens is 2. The van der Waals surface area contributed by atoms with Crippen LogP contribution in [0.15, 0.2) is 12.5 Å². The average molecular weight is 222 g/mol. The standard InChI is InChI=1S/C12H22N4/c1-3-16(8-10-4-5-10)11(6-13)12-7-14-9-15(12)2/h7,9-11H,3-6,8,13H2,1-2H3. The Bertz CT molecular complexity index is 330. The summed E-state index contributed by atoms with van der Waals surface area (Å²) in [5.41, 5.74) is 7.15. The van der Waals surface area contributed by atoms with E-state index in [1.165, 1.54) is 25.1 Å². The normalized spacial score (nSPS) is 18.0. The molecule has 1 aliphatic rings. The molecule has 1 aromatic heterocycles. The fraction of sp³-hybridized carbons (Fsp3) is 0.750. The second-order valence-electron chi connectivity index (χ2n) is 4.71. The van der Waals surface area contributed by atoms with Crippen LogP contribution in [0.4, 0.5) is 0 Å².